The molecule has 0 aliphatic heterocycles. The fourth-order valence-corrected chi connectivity index (χ4v) is 1.05. The van der Waals surface area contributed by atoms with E-state index in [-0.39, 0.29) is 5.91 Å². The highest BCUT2D eigenvalue weighted by Gasteiger charge is 2.03. The van der Waals surface area contributed by atoms with Gasteiger partial charge < -0.3 is 5.32 Å². The normalized spacial score (nSPS) is 9.14. The van der Waals surface area contributed by atoms with E-state index < -0.39 is 0 Å². The van der Waals surface area contributed by atoms with E-state index in [9.17, 15) is 4.79 Å². The SMILES string of the molecule is N#Cc1ccc(C(=O)NCCCl)cc1. The fourth-order valence-electron chi connectivity index (χ4n) is 0.959. The van der Waals surface area contributed by atoms with Gasteiger partial charge in [0.05, 0.1) is 11.6 Å². The number of halogens is 1. The first-order valence-electron chi connectivity index (χ1n) is 4.12. The summed E-state index contributed by atoms with van der Waals surface area (Å²) in [5, 5.41) is 11.2. The second-order valence-electron chi connectivity index (χ2n) is 2.63. The van der Waals surface area contributed by atoms with Crippen molar-refractivity contribution in [3.63, 3.8) is 0 Å². The number of alkyl halides is 1. The first kappa shape index (κ1) is 10.6. The summed E-state index contributed by atoms with van der Waals surface area (Å²) in [6, 6.07) is 8.42. The van der Waals surface area contributed by atoms with Gasteiger partial charge in [-0.2, -0.15) is 5.26 Å². The Bertz CT molecular complexity index is 353. The maximum atomic E-state index is 11.4. The van der Waals surface area contributed by atoms with Crippen LogP contribution in [0.2, 0.25) is 0 Å². The zero-order valence-electron chi connectivity index (χ0n) is 7.46. The summed E-state index contributed by atoms with van der Waals surface area (Å²) in [5.41, 5.74) is 1.08. The van der Waals surface area contributed by atoms with Crippen molar-refractivity contribution < 1.29 is 4.79 Å². The third-order valence-electron chi connectivity index (χ3n) is 1.66. The van der Waals surface area contributed by atoms with E-state index in [0.717, 1.165) is 0 Å². The van der Waals surface area contributed by atoms with Crippen molar-refractivity contribution in [1.82, 2.24) is 5.32 Å². The lowest BCUT2D eigenvalue weighted by molar-refractivity contribution is 0.0956. The lowest BCUT2D eigenvalue weighted by atomic mass is 10.1. The molecule has 0 saturated carbocycles. The summed E-state index contributed by atoms with van der Waals surface area (Å²) in [6.07, 6.45) is 0. The van der Waals surface area contributed by atoms with Gasteiger partial charge in [-0.05, 0) is 24.3 Å². The van der Waals surface area contributed by atoms with E-state index in [1.165, 1.54) is 0 Å². The summed E-state index contributed by atoms with van der Waals surface area (Å²) in [6.45, 7) is 0.445. The molecular weight excluding hydrogens is 200 g/mol. The maximum absolute atomic E-state index is 11.4. The standard InChI is InChI=1S/C10H9ClN2O/c11-5-6-13-10(14)9-3-1-8(7-12)2-4-9/h1-4H,5-6H2,(H,13,14). The molecule has 0 saturated heterocycles. The number of hydrogen-bond acceptors (Lipinski definition) is 2. The van der Waals surface area contributed by atoms with Gasteiger partial charge in [-0.1, -0.05) is 0 Å². The largest absolute Gasteiger partial charge is 0.351 e. The number of rotatable bonds is 3. The molecule has 0 aromatic heterocycles. The molecule has 0 unspecified atom stereocenters. The van der Waals surface area contributed by atoms with E-state index in [0.29, 0.717) is 23.6 Å². The Morgan fingerprint density at radius 1 is 1.43 bits per heavy atom. The maximum Gasteiger partial charge on any atom is 0.251 e. The van der Waals surface area contributed by atoms with Crippen molar-refractivity contribution in [2.75, 3.05) is 12.4 Å². The fraction of sp³-hybridized carbons (Fsp3) is 0.200. The third kappa shape index (κ3) is 2.75. The van der Waals surface area contributed by atoms with Gasteiger partial charge in [0.1, 0.15) is 0 Å². The monoisotopic (exact) mass is 208 g/mol. The highest BCUT2D eigenvalue weighted by molar-refractivity contribution is 6.18. The Balaban J connectivity index is 2.68. The molecule has 1 N–H and O–H groups in total. The first-order valence-corrected chi connectivity index (χ1v) is 4.65. The van der Waals surface area contributed by atoms with Gasteiger partial charge in [0.15, 0.2) is 0 Å². The topological polar surface area (TPSA) is 52.9 Å². The molecule has 0 fully saturated rings. The Hall–Kier alpha value is -1.53. The second-order valence-corrected chi connectivity index (χ2v) is 3.01. The Morgan fingerprint density at radius 2 is 2.07 bits per heavy atom. The molecule has 0 spiro atoms. The average Bonchev–Trinajstić information content (AvgIpc) is 2.26. The molecule has 1 rings (SSSR count). The van der Waals surface area contributed by atoms with Crippen LogP contribution in [0.3, 0.4) is 0 Å². The minimum Gasteiger partial charge on any atom is -0.351 e. The molecule has 0 aliphatic carbocycles. The van der Waals surface area contributed by atoms with Gasteiger partial charge >= 0.3 is 0 Å². The van der Waals surface area contributed by atoms with Crippen molar-refractivity contribution in [2.45, 2.75) is 0 Å². The zero-order valence-corrected chi connectivity index (χ0v) is 8.21. The number of carbonyl (C=O) groups excluding carboxylic acids is 1. The number of amides is 1. The van der Waals surface area contributed by atoms with E-state index in [1.54, 1.807) is 24.3 Å². The minimum atomic E-state index is -0.171. The van der Waals surface area contributed by atoms with E-state index in [4.69, 9.17) is 16.9 Å². The van der Waals surface area contributed by atoms with Crippen LogP contribution in [0.15, 0.2) is 24.3 Å². The van der Waals surface area contributed by atoms with Gasteiger partial charge in [-0.15, -0.1) is 11.6 Å². The second kappa shape index (κ2) is 5.25. The molecule has 0 bridgehead atoms. The van der Waals surface area contributed by atoms with Crippen LogP contribution in [0.1, 0.15) is 15.9 Å². The van der Waals surface area contributed by atoms with Gasteiger partial charge in [-0.25, -0.2) is 0 Å². The summed E-state index contributed by atoms with van der Waals surface area (Å²) in [5.74, 6) is 0.220. The van der Waals surface area contributed by atoms with Crippen molar-refractivity contribution in [2.24, 2.45) is 0 Å². The van der Waals surface area contributed by atoms with E-state index >= 15 is 0 Å². The summed E-state index contributed by atoms with van der Waals surface area (Å²) < 4.78 is 0. The highest BCUT2D eigenvalue weighted by atomic mass is 35.5. The van der Waals surface area contributed by atoms with Gasteiger partial charge in [0.25, 0.3) is 5.91 Å². The van der Waals surface area contributed by atoms with E-state index in [1.807, 2.05) is 6.07 Å². The van der Waals surface area contributed by atoms with Crippen molar-refractivity contribution in [3.8, 4) is 6.07 Å². The smallest absolute Gasteiger partial charge is 0.251 e. The summed E-state index contributed by atoms with van der Waals surface area (Å²) in [4.78, 5) is 11.4. The Kier molecular flexibility index (Phi) is 3.96. The summed E-state index contributed by atoms with van der Waals surface area (Å²) in [7, 11) is 0. The van der Waals surface area contributed by atoms with Crippen LogP contribution >= 0.6 is 11.6 Å². The number of hydrogen-bond donors (Lipinski definition) is 1. The number of carbonyl (C=O) groups is 1. The molecule has 72 valence electrons. The van der Waals surface area contributed by atoms with Crippen molar-refractivity contribution >= 4 is 17.5 Å². The predicted octanol–water partition coefficient (Wildman–Crippen LogP) is 1.53. The third-order valence-corrected chi connectivity index (χ3v) is 1.85. The minimum absolute atomic E-state index is 0.171. The van der Waals surface area contributed by atoms with Gasteiger partial charge in [-0.3, -0.25) is 4.79 Å². The van der Waals surface area contributed by atoms with Crippen molar-refractivity contribution in [1.29, 1.82) is 5.26 Å². The molecule has 0 aliphatic rings. The highest BCUT2D eigenvalue weighted by Crippen LogP contribution is 2.02. The molecule has 0 heterocycles. The molecule has 14 heavy (non-hydrogen) atoms. The Labute approximate surface area is 87.3 Å². The predicted molar refractivity (Wildman–Crippen MR) is 54.2 cm³/mol. The molecule has 1 aromatic rings. The lowest BCUT2D eigenvalue weighted by Gasteiger charge is -2.01. The van der Waals surface area contributed by atoms with Crippen LogP contribution in [-0.2, 0) is 0 Å². The molecule has 1 aromatic carbocycles. The van der Waals surface area contributed by atoms with Crippen molar-refractivity contribution in [3.05, 3.63) is 35.4 Å². The number of nitrogens with zero attached hydrogens (tertiary/aromatic N) is 1. The van der Waals surface area contributed by atoms with Crippen LogP contribution < -0.4 is 5.32 Å². The Morgan fingerprint density at radius 3 is 2.57 bits per heavy atom. The quantitative estimate of drug-likeness (QED) is 0.766. The average molecular weight is 209 g/mol. The molecule has 1 amide bonds. The van der Waals surface area contributed by atoms with Gasteiger partial charge in [0.2, 0.25) is 0 Å². The molecule has 0 radical (unpaired) electrons. The molecule has 3 nitrogen and oxygen atoms in total. The van der Waals surface area contributed by atoms with Crippen LogP contribution in [0.25, 0.3) is 0 Å². The first-order chi connectivity index (χ1) is 6.77. The molecule has 0 atom stereocenters. The van der Waals surface area contributed by atoms with Crippen LogP contribution in [0.5, 0.6) is 0 Å². The van der Waals surface area contributed by atoms with Gasteiger partial charge in [0, 0.05) is 18.0 Å². The summed E-state index contributed by atoms with van der Waals surface area (Å²) >= 11 is 5.42. The lowest BCUT2D eigenvalue weighted by Crippen LogP contribution is -2.25. The van der Waals surface area contributed by atoms with E-state index in [2.05, 4.69) is 5.32 Å². The number of nitrogens with one attached hydrogen (secondary N) is 1. The van der Waals surface area contributed by atoms with Crippen LogP contribution in [0, 0.1) is 11.3 Å². The molecule has 4 heteroatoms. The van der Waals surface area contributed by atoms with Crippen LogP contribution in [0.4, 0.5) is 0 Å². The number of nitriles is 1. The number of benzene rings is 1. The zero-order chi connectivity index (χ0) is 10.4. The molecular formula is C10H9ClN2O. The van der Waals surface area contributed by atoms with Crippen LogP contribution in [-0.4, -0.2) is 18.3 Å².